The van der Waals surface area contributed by atoms with Gasteiger partial charge in [0, 0.05) is 6.04 Å². The fourth-order valence-electron chi connectivity index (χ4n) is 2.78. The first-order valence-electron chi connectivity index (χ1n) is 8.64. The van der Waals surface area contributed by atoms with Gasteiger partial charge in [-0.15, -0.1) is 0 Å². The Bertz CT molecular complexity index is 759. The van der Waals surface area contributed by atoms with Crippen LogP contribution in [0, 0.1) is 11.3 Å². The van der Waals surface area contributed by atoms with Crippen LogP contribution in [-0.4, -0.2) is 31.1 Å². The zero-order chi connectivity index (χ0) is 19.8. The van der Waals surface area contributed by atoms with Crippen molar-refractivity contribution in [2.75, 3.05) is 13.2 Å². The maximum atomic E-state index is 12.3. The van der Waals surface area contributed by atoms with Crippen LogP contribution in [0.3, 0.4) is 0 Å². The lowest BCUT2D eigenvalue weighted by molar-refractivity contribution is -0.145. The van der Waals surface area contributed by atoms with Gasteiger partial charge in [-0.25, -0.2) is 4.79 Å². The third kappa shape index (κ3) is 6.26. The first-order chi connectivity index (χ1) is 12.9. The Labute approximate surface area is 171 Å². The molecule has 1 aliphatic carbocycles. The number of carbonyl (C=O) groups is 2. The molecule has 0 radical (unpaired) electrons. The Morgan fingerprint density at radius 3 is 2.70 bits per heavy atom. The summed E-state index contributed by atoms with van der Waals surface area (Å²) in [5.74, 6) is -0.602. The fourth-order valence-corrected chi connectivity index (χ4v) is 3.77. The number of carbonyl (C=O) groups excluding carboxylic acids is 2. The van der Waals surface area contributed by atoms with Gasteiger partial charge in [0.2, 0.25) is 0 Å². The summed E-state index contributed by atoms with van der Waals surface area (Å²) in [5.41, 5.74) is 0.568. The van der Waals surface area contributed by atoms with E-state index in [1.807, 2.05) is 6.07 Å². The topological polar surface area (TPSA) is 88.4 Å². The fraction of sp³-hybridized carbons (Fsp3) is 0.421. The van der Waals surface area contributed by atoms with Crippen molar-refractivity contribution in [3.63, 3.8) is 0 Å². The van der Waals surface area contributed by atoms with Crippen molar-refractivity contribution in [1.29, 1.82) is 5.26 Å². The second-order valence-electron chi connectivity index (χ2n) is 6.03. The van der Waals surface area contributed by atoms with Crippen molar-refractivity contribution < 1.29 is 19.1 Å². The van der Waals surface area contributed by atoms with Crippen LogP contribution < -0.4 is 10.1 Å². The molecule has 0 aliphatic heterocycles. The molecule has 0 heterocycles. The lowest BCUT2D eigenvalue weighted by Gasteiger charge is -2.12. The molecule has 0 bridgehead atoms. The van der Waals surface area contributed by atoms with E-state index in [0.717, 1.165) is 25.7 Å². The molecule has 1 N–H and O–H groups in total. The second kappa shape index (κ2) is 10.3. The molecular formula is C19H20BrClN2O4. The second-order valence-corrected chi connectivity index (χ2v) is 7.29. The first kappa shape index (κ1) is 21.3. The van der Waals surface area contributed by atoms with E-state index in [1.54, 1.807) is 19.1 Å². The Balaban J connectivity index is 2.12. The first-order valence-corrected chi connectivity index (χ1v) is 9.81. The third-order valence-corrected chi connectivity index (χ3v) is 4.90. The Morgan fingerprint density at radius 2 is 2.11 bits per heavy atom. The standard InChI is InChI=1S/C19H20BrClN2O4/c1-2-26-17(24)11-27-18-15(20)8-12(9-16(18)21)7-13(10-22)19(25)23-14-5-3-4-6-14/h7-9,14H,2-6,11H2,1H3,(H,23,25)/b13-7-. The van der Waals surface area contributed by atoms with Gasteiger partial charge in [0.25, 0.3) is 5.91 Å². The summed E-state index contributed by atoms with van der Waals surface area (Å²) in [4.78, 5) is 23.7. The van der Waals surface area contributed by atoms with Crippen molar-refractivity contribution in [2.45, 2.75) is 38.6 Å². The number of benzene rings is 1. The van der Waals surface area contributed by atoms with E-state index in [0.29, 0.717) is 10.0 Å². The number of rotatable bonds is 7. The van der Waals surface area contributed by atoms with Gasteiger partial charge in [-0.2, -0.15) is 5.26 Å². The minimum Gasteiger partial charge on any atom is -0.479 e. The van der Waals surface area contributed by atoms with E-state index in [1.165, 1.54) is 6.08 Å². The number of nitriles is 1. The van der Waals surface area contributed by atoms with Crippen LogP contribution >= 0.6 is 27.5 Å². The monoisotopic (exact) mass is 454 g/mol. The highest BCUT2D eigenvalue weighted by atomic mass is 79.9. The van der Waals surface area contributed by atoms with Gasteiger partial charge in [-0.3, -0.25) is 4.79 Å². The van der Waals surface area contributed by atoms with E-state index in [4.69, 9.17) is 21.1 Å². The van der Waals surface area contributed by atoms with Crippen LogP contribution in [0.2, 0.25) is 5.02 Å². The van der Waals surface area contributed by atoms with Gasteiger partial charge >= 0.3 is 5.97 Å². The minimum atomic E-state index is -0.500. The molecule has 1 aromatic carbocycles. The lowest BCUT2D eigenvalue weighted by Crippen LogP contribution is -2.33. The normalized spacial score (nSPS) is 14.5. The third-order valence-electron chi connectivity index (χ3n) is 4.03. The van der Waals surface area contributed by atoms with Gasteiger partial charge < -0.3 is 14.8 Å². The number of esters is 1. The van der Waals surface area contributed by atoms with Gasteiger partial charge in [0.05, 0.1) is 16.1 Å². The number of halogens is 2. The number of nitrogens with one attached hydrogen (secondary N) is 1. The number of hydrogen-bond donors (Lipinski definition) is 1. The van der Waals surface area contributed by atoms with Crippen molar-refractivity contribution in [2.24, 2.45) is 0 Å². The maximum Gasteiger partial charge on any atom is 0.344 e. The zero-order valence-electron chi connectivity index (χ0n) is 14.9. The average molecular weight is 456 g/mol. The summed E-state index contributed by atoms with van der Waals surface area (Å²) in [6.07, 6.45) is 5.53. The predicted octanol–water partition coefficient (Wildman–Crippen LogP) is 4.01. The van der Waals surface area contributed by atoms with Crippen molar-refractivity contribution in [3.05, 3.63) is 32.8 Å². The highest BCUT2D eigenvalue weighted by molar-refractivity contribution is 9.10. The molecule has 1 aliphatic rings. The molecule has 6 nitrogen and oxygen atoms in total. The Kier molecular flexibility index (Phi) is 8.14. The molecule has 0 atom stereocenters. The Hall–Kier alpha value is -2.04. The molecule has 144 valence electrons. The summed E-state index contributed by atoms with van der Waals surface area (Å²) < 4.78 is 10.7. The summed E-state index contributed by atoms with van der Waals surface area (Å²) in [7, 11) is 0. The van der Waals surface area contributed by atoms with Crippen molar-refractivity contribution in [3.8, 4) is 11.8 Å². The quantitative estimate of drug-likeness (QED) is 0.381. The molecule has 1 aromatic rings. The lowest BCUT2D eigenvalue weighted by atomic mass is 10.1. The summed E-state index contributed by atoms with van der Waals surface area (Å²) >= 11 is 9.55. The van der Waals surface area contributed by atoms with E-state index in [2.05, 4.69) is 21.2 Å². The van der Waals surface area contributed by atoms with E-state index >= 15 is 0 Å². The molecule has 0 aromatic heterocycles. The molecule has 0 saturated heterocycles. The maximum absolute atomic E-state index is 12.3. The van der Waals surface area contributed by atoms with Crippen LogP contribution in [0.15, 0.2) is 22.2 Å². The van der Waals surface area contributed by atoms with E-state index in [9.17, 15) is 14.9 Å². The molecule has 0 spiro atoms. The number of nitrogens with zero attached hydrogens (tertiary/aromatic N) is 1. The minimum absolute atomic E-state index is 0.00468. The average Bonchev–Trinajstić information content (AvgIpc) is 3.12. The zero-order valence-corrected chi connectivity index (χ0v) is 17.2. The summed E-state index contributed by atoms with van der Waals surface area (Å²) in [6, 6.07) is 5.28. The number of ether oxygens (including phenoxy) is 2. The highest BCUT2D eigenvalue weighted by Crippen LogP contribution is 2.35. The van der Waals surface area contributed by atoms with Crippen molar-refractivity contribution >= 4 is 45.5 Å². The molecule has 8 heteroatoms. The van der Waals surface area contributed by atoms with Gasteiger partial charge in [0.1, 0.15) is 11.6 Å². The summed E-state index contributed by atoms with van der Waals surface area (Å²) in [6.45, 7) is 1.70. The SMILES string of the molecule is CCOC(=O)COc1c(Cl)cc(/C=C(/C#N)C(=O)NC2CCCC2)cc1Br. The predicted molar refractivity (Wildman–Crippen MR) is 105 cm³/mol. The molecule has 2 rings (SSSR count). The van der Waals surface area contributed by atoms with Crippen LogP contribution in [0.4, 0.5) is 0 Å². The van der Waals surface area contributed by atoms with E-state index in [-0.39, 0.29) is 41.5 Å². The largest absolute Gasteiger partial charge is 0.479 e. The molecule has 1 amide bonds. The van der Waals surface area contributed by atoms with Crippen LogP contribution in [-0.2, 0) is 14.3 Å². The molecule has 1 fully saturated rings. The van der Waals surface area contributed by atoms with Gasteiger partial charge in [-0.1, -0.05) is 24.4 Å². The van der Waals surface area contributed by atoms with Gasteiger partial charge in [0.15, 0.2) is 12.4 Å². The molecule has 1 saturated carbocycles. The molecule has 27 heavy (non-hydrogen) atoms. The smallest absolute Gasteiger partial charge is 0.344 e. The number of hydrogen-bond acceptors (Lipinski definition) is 5. The Morgan fingerprint density at radius 1 is 1.41 bits per heavy atom. The van der Waals surface area contributed by atoms with Crippen LogP contribution in [0.25, 0.3) is 6.08 Å². The van der Waals surface area contributed by atoms with Crippen molar-refractivity contribution in [1.82, 2.24) is 5.32 Å². The van der Waals surface area contributed by atoms with Crippen LogP contribution in [0.5, 0.6) is 5.75 Å². The molecule has 0 unspecified atom stereocenters. The van der Waals surface area contributed by atoms with Gasteiger partial charge in [-0.05, 0) is 59.5 Å². The highest BCUT2D eigenvalue weighted by Gasteiger charge is 2.19. The van der Waals surface area contributed by atoms with Crippen LogP contribution in [0.1, 0.15) is 38.2 Å². The summed E-state index contributed by atoms with van der Waals surface area (Å²) in [5, 5.41) is 12.4. The number of amides is 1. The molecular weight excluding hydrogens is 436 g/mol. The van der Waals surface area contributed by atoms with E-state index < -0.39 is 5.97 Å².